The van der Waals surface area contributed by atoms with Gasteiger partial charge in [-0.05, 0) is 82.5 Å². The minimum atomic E-state index is -1.35. The van der Waals surface area contributed by atoms with Crippen LogP contribution in [0.15, 0.2) is 48.0 Å². The molecule has 0 aliphatic rings. The third-order valence-corrected chi connectivity index (χ3v) is 4.44. The number of anilines is 2. The van der Waals surface area contributed by atoms with Crippen LogP contribution in [0.3, 0.4) is 0 Å². The fraction of sp³-hybridized carbons (Fsp3) is 0.333. The van der Waals surface area contributed by atoms with Crippen molar-refractivity contribution in [3.05, 3.63) is 59.7 Å². The summed E-state index contributed by atoms with van der Waals surface area (Å²) in [5.41, 5.74) is 5.03. The van der Waals surface area contributed by atoms with E-state index in [1.54, 1.807) is 18.3 Å². The number of nitrogens with one attached hydrogen (secondary N) is 2. The first kappa shape index (κ1) is 22.3. The molecule has 0 aromatic heterocycles. The Bertz CT molecular complexity index is 909. The van der Waals surface area contributed by atoms with E-state index in [1.807, 2.05) is 39.0 Å². The number of hydrogen-bond acceptors (Lipinski definition) is 3. The number of aliphatic imine (C=N–C) groups is 1. The number of benzene rings is 2. The Hall–Kier alpha value is -2.95. The maximum atomic E-state index is 13.5. The number of carbonyl (C=O) groups is 1. The molecule has 0 spiro atoms. The fourth-order valence-corrected chi connectivity index (χ4v) is 3.09. The second kappa shape index (κ2) is 9.50. The zero-order valence-electron chi connectivity index (χ0n) is 17.9. The van der Waals surface area contributed by atoms with Crippen molar-refractivity contribution in [1.82, 2.24) is 0 Å². The highest BCUT2D eigenvalue weighted by Gasteiger charge is 2.17. The Morgan fingerprint density at radius 1 is 1.14 bits per heavy atom. The molecule has 0 atom stereocenters. The van der Waals surface area contributed by atoms with Crippen LogP contribution in [0, 0.1) is 13.8 Å². The molecule has 2 N–H and O–H groups in total. The van der Waals surface area contributed by atoms with Crippen LogP contribution in [0.2, 0.25) is 0 Å². The molecule has 4 nitrogen and oxygen atoms in total. The van der Waals surface area contributed by atoms with Crippen molar-refractivity contribution in [3.8, 4) is 0 Å². The molecule has 0 aliphatic heterocycles. The van der Waals surface area contributed by atoms with Crippen molar-refractivity contribution in [3.63, 3.8) is 0 Å². The van der Waals surface area contributed by atoms with Gasteiger partial charge in [-0.2, -0.15) is 0 Å². The topological polar surface area (TPSA) is 53.5 Å². The molecule has 0 fully saturated rings. The Kier molecular flexibility index (Phi) is 7.32. The smallest absolute Gasteiger partial charge is 0.224 e. The predicted octanol–water partition coefficient (Wildman–Crippen LogP) is 6.58. The van der Waals surface area contributed by atoms with E-state index in [1.165, 1.54) is 13.8 Å². The number of carbonyl (C=O) groups excluding carboxylic acids is 1. The highest BCUT2D eigenvalue weighted by molar-refractivity contribution is 5.91. The van der Waals surface area contributed by atoms with Gasteiger partial charge < -0.3 is 10.6 Å². The number of hydrogen-bond donors (Lipinski definition) is 2. The number of rotatable bonds is 8. The predicted molar refractivity (Wildman–Crippen MR) is 122 cm³/mol. The normalized spacial score (nSPS) is 11.5. The van der Waals surface area contributed by atoms with E-state index in [-0.39, 0.29) is 18.7 Å². The largest absolute Gasteiger partial charge is 0.355 e. The number of alkyl halides is 1. The van der Waals surface area contributed by atoms with E-state index >= 15 is 0 Å². The van der Waals surface area contributed by atoms with E-state index in [2.05, 4.69) is 28.3 Å². The average molecular weight is 396 g/mol. The van der Waals surface area contributed by atoms with Gasteiger partial charge in [-0.25, -0.2) is 4.39 Å². The Labute approximate surface area is 173 Å². The zero-order valence-corrected chi connectivity index (χ0v) is 17.9. The molecule has 2 rings (SSSR count). The standard InChI is InChI=1S/C24H30FN3O/c1-7-26-21-15-16(2)14-17(3)23(21)18(4)27-19-8-10-20(11-9-19)28-22(29)12-13-24(5,6)25/h7-11,14-15,27H,4,12-13H2,1-3,5-6H3,(H,28,29). The van der Waals surface area contributed by atoms with Crippen LogP contribution in [0.4, 0.5) is 21.5 Å². The third kappa shape index (κ3) is 6.86. The number of nitrogens with zero attached hydrogens (tertiary/aromatic N) is 1. The fourth-order valence-electron chi connectivity index (χ4n) is 3.09. The summed E-state index contributed by atoms with van der Waals surface area (Å²) < 4.78 is 13.5. The summed E-state index contributed by atoms with van der Waals surface area (Å²) >= 11 is 0. The van der Waals surface area contributed by atoms with Gasteiger partial charge >= 0.3 is 0 Å². The molecule has 0 saturated carbocycles. The van der Waals surface area contributed by atoms with E-state index in [9.17, 15) is 9.18 Å². The van der Waals surface area contributed by atoms with Crippen LogP contribution in [0.25, 0.3) is 5.70 Å². The van der Waals surface area contributed by atoms with Crippen molar-refractivity contribution >= 4 is 34.9 Å². The lowest BCUT2D eigenvalue weighted by atomic mass is 10.0. The molecule has 154 valence electrons. The number of aryl methyl sites for hydroxylation is 2. The first-order chi connectivity index (χ1) is 13.6. The van der Waals surface area contributed by atoms with Crippen molar-refractivity contribution < 1.29 is 9.18 Å². The maximum absolute atomic E-state index is 13.5. The Balaban J connectivity index is 2.07. The summed E-state index contributed by atoms with van der Waals surface area (Å²) in [7, 11) is 0. The SMILES string of the molecule is C=C(Nc1ccc(NC(=O)CCC(C)(C)F)cc1)c1c(C)cc(C)cc1N=CC. The minimum absolute atomic E-state index is 0.147. The van der Waals surface area contributed by atoms with Gasteiger partial charge in [-0.1, -0.05) is 12.6 Å². The zero-order chi connectivity index (χ0) is 21.6. The second-order valence-electron chi connectivity index (χ2n) is 7.81. The van der Waals surface area contributed by atoms with Gasteiger partial charge in [0, 0.05) is 35.3 Å². The van der Waals surface area contributed by atoms with Gasteiger partial charge in [0.25, 0.3) is 0 Å². The highest BCUT2D eigenvalue weighted by Crippen LogP contribution is 2.31. The second-order valence-corrected chi connectivity index (χ2v) is 7.81. The third-order valence-electron chi connectivity index (χ3n) is 4.44. The van der Waals surface area contributed by atoms with Crippen LogP contribution >= 0.6 is 0 Å². The van der Waals surface area contributed by atoms with E-state index < -0.39 is 5.67 Å². The maximum Gasteiger partial charge on any atom is 0.224 e. The van der Waals surface area contributed by atoms with Crippen LogP contribution in [-0.2, 0) is 4.79 Å². The molecular weight excluding hydrogens is 365 g/mol. The van der Waals surface area contributed by atoms with Crippen LogP contribution in [0.1, 0.15) is 50.3 Å². The summed E-state index contributed by atoms with van der Waals surface area (Å²) in [5, 5.41) is 6.11. The van der Waals surface area contributed by atoms with Gasteiger partial charge in [0.05, 0.1) is 5.69 Å². The van der Waals surface area contributed by atoms with E-state index in [4.69, 9.17) is 0 Å². The molecule has 0 aliphatic carbocycles. The average Bonchev–Trinajstić information content (AvgIpc) is 2.61. The van der Waals surface area contributed by atoms with Gasteiger partial charge in [-0.15, -0.1) is 0 Å². The molecule has 2 aromatic rings. The van der Waals surface area contributed by atoms with Gasteiger partial charge in [0.15, 0.2) is 0 Å². The van der Waals surface area contributed by atoms with Crippen molar-refractivity contribution in [2.45, 2.75) is 53.1 Å². The van der Waals surface area contributed by atoms with E-state index in [0.717, 1.165) is 33.8 Å². The molecular formula is C24H30FN3O. The molecule has 5 heteroatoms. The van der Waals surface area contributed by atoms with Crippen molar-refractivity contribution in [2.75, 3.05) is 10.6 Å². The lowest BCUT2D eigenvalue weighted by molar-refractivity contribution is -0.116. The number of amides is 1. The summed E-state index contributed by atoms with van der Waals surface area (Å²) in [5.74, 6) is -0.196. The Morgan fingerprint density at radius 3 is 2.28 bits per heavy atom. The summed E-state index contributed by atoms with van der Waals surface area (Å²) in [4.78, 5) is 16.4. The van der Waals surface area contributed by atoms with Gasteiger partial charge in [-0.3, -0.25) is 9.79 Å². The van der Waals surface area contributed by atoms with Crippen LogP contribution < -0.4 is 10.6 Å². The molecule has 2 aromatic carbocycles. The summed E-state index contributed by atoms with van der Waals surface area (Å²) in [6.07, 6.45) is 2.11. The summed E-state index contributed by atoms with van der Waals surface area (Å²) in [6, 6.07) is 11.5. The molecule has 0 bridgehead atoms. The van der Waals surface area contributed by atoms with Crippen molar-refractivity contribution in [1.29, 1.82) is 0 Å². The van der Waals surface area contributed by atoms with Gasteiger partial charge in [0.2, 0.25) is 5.91 Å². The van der Waals surface area contributed by atoms with E-state index in [0.29, 0.717) is 5.69 Å². The van der Waals surface area contributed by atoms with Crippen LogP contribution in [0.5, 0.6) is 0 Å². The lowest BCUT2D eigenvalue weighted by Crippen LogP contribution is -2.18. The molecule has 0 saturated heterocycles. The quantitative estimate of drug-likeness (QED) is 0.496. The first-order valence-electron chi connectivity index (χ1n) is 9.74. The molecule has 29 heavy (non-hydrogen) atoms. The minimum Gasteiger partial charge on any atom is -0.355 e. The highest BCUT2D eigenvalue weighted by atomic mass is 19.1. The molecule has 1 amide bonds. The number of halogens is 1. The first-order valence-corrected chi connectivity index (χ1v) is 9.74. The Morgan fingerprint density at radius 2 is 1.72 bits per heavy atom. The van der Waals surface area contributed by atoms with Crippen molar-refractivity contribution in [2.24, 2.45) is 4.99 Å². The molecule has 0 heterocycles. The molecule has 0 unspecified atom stereocenters. The lowest BCUT2D eigenvalue weighted by Gasteiger charge is -2.16. The summed E-state index contributed by atoms with van der Waals surface area (Å²) in [6.45, 7) is 13.1. The monoisotopic (exact) mass is 395 g/mol. The van der Waals surface area contributed by atoms with Crippen LogP contribution in [-0.4, -0.2) is 17.8 Å². The van der Waals surface area contributed by atoms with Gasteiger partial charge in [0.1, 0.15) is 5.67 Å². The molecule has 0 radical (unpaired) electrons.